The van der Waals surface area contributed by atoms with Gasteiger partial charge in [-0.2, -0.15) is 25.3 Å². The minimum absolute atomic E-state index is 0.308. The van der Waals surface area contributed by atoms with Crippen LogP contribution in [0.25, 0.3) is 0 Å². The maximum atomic E-state index is 12.1. The SMILES string of the molecule is O=C(O)C(CC(S)S)(c1ccccc1)c1ccccc1. The van der Waals surface area contributed by atoms with Gasteiger partial charge in [-0.25, -0.2) is 0 Å². The highest BCUT2D eigenvalue weighted by atomic mass is 32.2. The number of hydrogen-bond donors (Lipinski definition) is 3. The van der Waals surface area contributed by atoms with Crippen LogP contribution in [0.3, 0.4) is 0 Å². The Hall–Kier alpha value is -1.39. The van der Waals surface area contributed by atoms with Gasteiger partial charge in [0.15, 0.2) is 0 Å². The van der Waals surface area contributed by atoms with E-state index in [1.54, 1.807) is 0 Å². The summed E-state index contributed by atoms with van der Waals surface area (Å²) in [7, 11) is 0. The maximum absolute atomic E-state index is 12.1. The quantitative estimate of drug-likeness (QED) is 0.583. The highest BCUT2D eigenvalue weighted by Gasteiger charge is 2.42. The van der Waals surface area contributed by atoms with Gasteiger partial charge in [0.2, 0.25) is 0 Å². The number of hydrogen-bond acceptors (Lipinski definition) is 3. The van der Waals surface area contributed by atoms with Crippen LogP contribution in [0, 0.1) is 0 Å². The first-order valence-corrected chi connectivity index (χ1v) is 7.31. The third-order valence-electron chi connectivity index (χ3n) is 3.39. The Bertz CT molecular complexity index is 528. The second-order valence-electron chi connectivity index (χ2n) is 4.63. The second-order valence-corrected chi connectivity index (χ2v) is 6.28. The van der Waals surface area contributed by atoms with Gasteiger partial charge in [0.25, 0.3) is 0 Å². The summed E-state index contributed by atoms with van der Waals surface area (Å²) in [6.45, 7) is 0. The zero-order valence-electron chi connectivity index (χ0n) is 10.8. The third-order valence-corrected chi connectivity index (χ3v) is 3.75. The van der Waals surface area contributed by atoms with E-state index in [1.807, 2.05) is 60.7 Å². The summed E-state index contributed by atoms with van der Waals surface area (Å²) < 4.78 is -0.327. The third kappa shape index (κ3) is 2.86. The molecule has 0 aliphatic carbocycles. The Kier molecular flexibility index (Phi) is 4.78. The van der Waals surface area contributed by atoms with E-state index in [4.69, 9.17) is 0 Å². The van der Waals surface area contributed by atoms with Gasteiger partial charge in [0.05, 0.1) is 0 Å². The van der Waals surface area contributed by atoms with Crippen LogP contribution in [0.1, 0.15) is 17.5 Å². The van der Waals surface area contributed by atoms with Crippen LogP contribution in [0.2, 0.25) is 0 Å². The Morgan fingerprint density at radius 2 is 1.35 bits per heavy atom. The molecule has 0 amide bonds. The molecule has 0 bridgehead atoms. The molecule has 0 unspecified atom stereocenters. The predicted molar refractivity (Wildman–Crippen MR) is 87.7 cm³/mol. The summed E-state index contributed by atoms with van der Waals surface area (Å²) in [5.74, 6) is -0.886. The van der Waals surface area contributed by atoms with Crippen LogP contribution in [0.5, 0.6) is 0 Å². The van der Waals surface area contributed by atoms with Gasteiger partial charge < -0.3 is 5.11 Å². The molecule has 20 heavy (non-hydrogen) atoms. The first kappa shape index (κ1) is 15.0. The molecule has 2 aromatic rings. The smallest absolute Gasteiger partial charge is 0.318 e. The van der Waals surface area contributed by atoms with Gasteiger partial charge >= 0.3 is 5.97 Å². The molecule has 0 aliphatic rings. The summed E-state index contributed by atoms with van der Waals surface area (Å²) in [5.41, 5.74) is 0.357. The van der Waals surface area contributed by atoms with Gasteiger partial charge in [0, 0.05) is 4.58 Å². The number of thiol groups is 2. The lowest BCUT2D eigenvalue weighted by molar-refractivity contribution is -0.142. The van der Waals surface area contributed by atoms with Crippen LogP contribution >= 0.6 is 25.3 Å². The van der Waals surface area contributed by atoms with Crippen molar-refractivity contribution in [3.8, 4) is 0 Å². The Morgan fingerprint density at radius 3 is 1.65 bits per heavy atom. The molecule has 2 nitrogen and oxygen atoms in total. The predicted octanol–water partition coefficient (Wildman–Crippen LogP) is 3.63. The molecule has 0 spiro atoms. The van der Waals surface area contributed by atoms with Crippen molar-refractivity contribution in [3.63, 3.8) is 0 Å². The van der Waals surface area contributed by atoms with E-state index in [1.165, 1.54) is 0 Å². The summed E-state index contributed by atoms with van der Waals surface area (Å²) in [5, 5.41) is 9.91. The van der Waals surface area contributed by atoms with Gasteiger partial charge in [-0.3, -0.25) is 4.79 Å². The van der Waals surface area contributed by atoms with Crippen LogP contribution < -0.4 is 0 Å². The summed E-state index contributed by atoms with van der Waals surface area (Å²) in [6.07, 6.45) is 0.308. The van der Waals surface area contributed by atoms with Crippen molar-refractivity contribution < 1.29 is 9.90 Å². The van der Waals surface area contributed by atoms with Crippen molar-refractivity contribution in [1.29, 1.82) is 0 Å². The monoisotopic (exact) mass is 304 g/mol. The molecular weight excluding hydrogens is 288 g/mol. The van der Waals surface area contributed by atoms with E-state index in [2.05, 4.69) is 25.3 Å². The molecule has 4 heteroatoms. The topological polar surface area (TPSA) is 37.3 Å². The summed E-state index contributed by atoms with van der Waals surface area (Å²) in [4.78, 5) is 12.1. The lowest BCUT2D eigenvalue weighted by atomic mass is 9.72. The van der Waals surface area contributed by atoms with E-state index < -0.39 is 11.4 Å². The average molecular weight is 304 g/mol. The highest BCUT2D eigenvalue weighted by molar-refractivity contribution is 7.99. The van der Waals surface area contributed by atoms with E-state index in [-0.39, 0.29) is 4.58 Å². The molecule has 1 N–H and O–H groups in total. The van der Waals surface area contributed by atoms with Gasteiger partial charge in [0.1, 0.15) is 5.41 Å². The minimum atomic E-state index is -1.13. The zero-order valence-corrected chi connectivity index (χ0v) is 12.6. The van der Waals surface area contributed by atoms with E-state index >= 15 is 0 Å². The molecule has 104 valence electrons. The van der Waals surface area contributed by atoms with Gasteiger partial charge in [-0.05, 0) is 17.5 Å². The lowest BCUT2D eigenvalue weighted by Gasteiger charge is -2.31. The number of carboxylic acid groups (broad SMARTS) is 1. The Balaban J connectivity index is 2.66. The Labute approximate surface area is 129 Å². The van der Waals surface area contributed by atoms with Crippen molar-refractivity contribution in [2.24, 2.45) is 0 Å². The van der Waals surface area contributed by atoms with Crippen molar-refractivity contribution in [1.82, 2.24) is 0 Å². The lowest BCUT2D eigenvalue weighted by Crippen LogP contribution is -2.38. The van der Waals surface area contributed by atoms with Crippen molar-refractivity contribution in [2.75, 3.05) is 0 Å². The van der Waals surface area contributed by atoms with E-state index in [9.17, 15) is 9.90 Å². The molecule has 0 aliphatic heterocycles. The summed E-state index contributed by atoms with van der Waals surface area (Å²) in [6, 6.07) is 18.5. The fourth-order valence-electron chi connectivity index (χ4n) is 2.46. The number of carboxylic acids is 1. The molecule has 0 heterocycles. The molecule has 0 fully saturated rings. The van der Waals surface area contributed by atoms with Gasteiger partial charge in [-0.15, -0.1) is 0 Å². The number of aliphatic carboxylic acids is 1. The largest absolute Gasteiger partial charge is 0.480 e. The number of carbonyl (C=O) groups is 1. The maximum Gasteiger partial charge on any atom is 0.318 e. The average Bonchev–Trinajstić information content (AvgIpc) is 2.46. The van der Waals surface area contributed by atoms with Crippen LogP contribution in [0.4, 0.5) is 0 Å². The standard InChI is InChI=1S/C16H16O2S2/c17-15(18)16(11-14(19)20,12-7-3-1-4-8-12)13-9-5-2-6-10-13/h1-10,14,19-20H,11H2,(H,17,18). The molecule has 2 aromatic carbocycles. The molecule has 2 rings (SSSR count). The highest BCUT2D eigenvalue weighted by Crippen LogP contribution is 2.38. The molecule has 0 atom stereocenters. The fourth-order valence-corrected chi connectivity index (χ4v) is 3.00. The first-order chi connectivity index (χ1) is 9.57. The Morgan fingerprint density at radius 1 is 0.950 bits per heavy atom. The van der Waals surface area contributed by atoms with Crippen LogP contribution in [-0.4, -0.2) is 15.7 Å². The number of benzene rings is 2. The molecule has 0 aromatic heterocycles. The van der Waals surface area contributed by atoms with Gasteiger partial charge in [-0.1, -0.05) is 60.7 Å². The number of rotatable bonds is 5. The zero-order chi connectivity index (χ0) is 14.6. The van der Waals surface area contributed by atoms with Crippen LogP contribution in [-0.2, 0) is 10.2 Å². The molecule has 0 radical (unpaired) electrons. The van der Waals surface area contributed by atoms with E-state index in [0.29, 0.717) is 6.42 Å². The second kappa shape index (κ2) is 6.37. The molecular formula is C16H16O2S2. The normalized spacial score (nSPS) is 11.6. The fraction of sp³-hybridized carbons (Fsp3) is 0.188. The van der Waals surface area contributed by atoms with Crippen LogP contribution in [0.15, 0.2) is 60.7 Å². The molecule has 0 saturated carbocycles. The molecule has 0 saturated heterocycles. The van der Waals surface area contributed by atoms with Crippen molar-refractivity contribution >= 4 is 31.2 Å². The van der Waals surface area contributed by atoms with Crippen molar-refractivity contribution in [3.05, 3.63) is 71.8 Å². The minimum Gasteiger partial charge on any atom is -0.480 e. The van der Waals surface area contributed by atoms with Crippen molar-refractivity contribution in [2.45, 2.75) is 16.4 Å². The summed E-state index contributed by atoms with van der Waals surface area (Å²) >= 11 is 8.57. The van der Waals surface area contributed by atoms with E-state index in [0.717, 1.165) is 11.1 Å². The first-order valence-electron chi connectivity index (χ1n) is 6.28.